The molecule has 0 spiro atoms. The fourth-order valence-corrected chi connectivity index (χ4v) is 3.15. The van der Waals surface area contributed by atoms with Crippen LogP contribution in [0.3, 0.4) is 0 Å². The number of hydrogen-bond acceptors (Lipinski definition) is 4. The van der Waals surface area contributed by atoms with Crippen LogP contribution in [0.5, 0.6) is 0 Å². The summed E-state index contributed by atoms with van der Waals surface area (Å²) in [4.78, 5) is 29.7. The largest absolute Gasteiger partial charge is 0.416 e. The molecule has 0 saturated heterocycles. The molecule has 4 rings (SSSR count). The summed E-state index contributed by atoms with van der Waals surface area (Å²) in [6.45, 7) is 1.29. The zero-order chi connectivity index (χ0) is 22.2. The van der Waals surface area contributed by atoms with Crippen molar-refractivity contribution in [3.05, 3.63) is 82.4 Å². The highest BCUT2D eigenvalue weighted by Crippen LogP contribution is 2.30. The number of carbonyl (C=O) groups is 1. The SMILES string of the molecule is Cc1cc2nn(CC(=O)Nc3cccc(C(F)(F)F)c3)c(=O)n2c(-c2ccccc2)n1. The Bertz CT molecular complexity index is 1330. The van der Waals surface area contributed by atoms with E-state index >= 15 is 0 Å². The molecule has 1 N–H and O–H groups in total. The van der Waals surface area contributed by atoms with E-state index in [9.17, 15) is 22.8 Å². The summed E-state index contributed by atoms with van der Waals surface area (Å²) >= 11 is 0. The normalized spacial score (nSPS) is 11.6. The van der Waals surface area contributed by atoms with Crippen molar-refractivity contribution >= 4 is 17.2 Å². The number of rotatable bonds is 4. The minimum absolute atomic E-state index is 0.0286. The molecule has 0 aliphatic heterocycles. The quantitative estimate of drug-likeness (QED) is 0.540. The van der Waals surface area contributed by atoms with Gasteiger partial charge in [-0.1, -0.05) is 36.4 Å². The standard InChI is InChI=1S/C21H16F3N5O2/c1-13-10-17-27-28(20(31)29(17)19(25-13)14-6-3-2-4-7-14)12-18(30)26-16-9-5-8-15(11-16)21(22,23)24/h2-11H,12H2,1H3,(H,26,30). The van der Waals surface area contributed by atoms with Crippen molar-refractivity contribution in [1.82, 2.24) is 19.2 Å². The van der Waals surface area contributed by atoms with E-state index < -0.39 is 29.9 Å². The molecule has 0 atom stereocenters. The predicted octanol–water partition coefficient (Wildman–Crippen LogP) is 3.52. The molecule has 0 saturated carbocycles. The first kappa shape index (κ1) is 20.3. The number of halogens is 3. The van der Waals surface area contributed by atoms with Crippen molar-refractivity contribution in [2.45, 2.75) is 19.6 Å². The second-order valence-corrected chi connectivity index (χ2v) is 6.85. The summed E-state index contributed by atoms with van der Waals surface area (Å²) in [6, 6.07) is 14.9. The Morgan fingerprint density at radius 3 is 2.52 bits per heavy atom. The summed E-state index contributed by atoms with van der Waals surface area (Å²) in [6.07, 6.45) is -4.53. The Balaban J connectivity index is 1.65. The average Bonchev–Trinajstić information content (AvgIpc) is 3.02. The van der Waals surface area contributed by atoms with E-state index in [2.05, 4.69) is 15.4 Å². The Morgan fingerprint density at radius 1 is 1.06 bits per heavy atom. The van der Waals surface area contributed by atoms with Crippen LogP contribution in [-0.4, -0.2) is 25.1 Å². The highest BCUT2D eigenvalue weighted by molar-refractivity contribution is 5.90. The van der Waals surface area contributed by atoms with Gasteiger partial charge in [0.15, 0.2) is 5.65 Å². The molecule has 4 aromatic rings. The molecule has 0 aliphatic carbocycles. The highest BCUT2D eigenvalue weighted by atomic mass is 19.4. The Hall–Kier alpha value is -3.95. The third kappa shape index (κ3) is 4.18. The molecule has 7 nitrogen and oxygen atoms in total. The van der Waals surface area contributed by atoms with Gasteiger partial charge < -0.3 is 5.32 Å². The average molecular weight is 427 g/mol. The molecule has 2 aromatic heterocycles. The van der Waals surface area contributed by atoms with Crippen LogP contribution in [-0.2, 0) is 17.5 Å². The smallest absolute Gasteiger partial charge is 0.324 e. The second kappa shape index (κ2) is 7.71. The van der Waals surface area contributed by atoms with Crippen molar-refractivity contribution in [2.75, 3.05) is 5.32 Å². The molecule has 0 bridgehead atoms. The number of carbonyl (C=O) groups excluding carboxylic acids is 1. The van der Waals surface area contributed by atoms with Crippen molar-refractivity contribution < 1.29 is 18.0 Å². The molecule has 2 aromatic carbocycles. The lowest BCUT2D eigenvalue weighted by Crippen LogP contribution is -2.28. The maximum Gasteiger partial charge on any atom is 0.416 e. The van der Waals surface area contributed by atoms with Gasteiger partial charge in [0.25, 0.3) is 0 Å². The lowest BCUT2D eigenvalue weighted by atomic mass is 10.2. The molecule has 2 heterocycles. The number of nitrogens with one attached hydrogen (secondary N) is 1. The maximum atomic E-state index is 12.9. The number of hydrogen-bond donors (Lipinski definition) is 1. The van der Waals surface area contributed by atoms with Gasteiger partial charge in [0.05, 0.1) is 5.56 Å². The Kier molecular flexibility index (Phi) is 5.05. The number of nitrogens with zero attached hydrogens (tertiary/aromatic N) is 4. The van der Waals surface area contributed by atoms with Crippen LogP contribution in [0.1, 0.15) is 11.3 Å². The minimum Gasteiger partial charge on any atom is -0.324 e. The first-order valence-electron chi connectivity index (χ1n) is 9.22. The summed E-state index contributed by atoms with van der Waals surface area (Å²) in [5, 5.41) is 6.55. The monoisotopic (exact) mass is 427 g/mol. The van der Waals surface area contributed by atoms with Crippen molar-refractivity contribution in [1.29, 1.82) is 0 Å². The number of amides is 1. The first-order valence-corrected chi connectivity index (χ1v) is 9.22. The Labute approximate surface area is 173 Å². The van der Waals surface area contributed by atoms with Gasteiger partial charge >= 0.3 is 11.9 Å². The predicted molar refractivity (Wildman–Crippen MR) is 107 cm³/mol. The molecule has 0 fully saturated rings. The Morgan fingerprint density at radius 2 is 1.81 bits per heavy atom. The zero-order valence-corrected chi connectivity index (χ0v) is 16.2. The summed E-state index contributed by atoms with van der Waals surface area (Å²) in [7, 11) is 0. The van der Waals surface area contributed by atoms with Crippen LogP contribution < -0.4 is 11.0 Å². The van der Waals surface area contributed by atoms with E-state index in [0.29, 0.717) is 22.7 Å². The van der Waals surface area contributed by atoms with E-state index in [-0.39, 0.29) is 5.69 Å². The number of alkyl halides is 3. The molecular weight excluding hydrogens is 411 g/mol. The van der Waals surface area contributed by atoms with Crippen LogP contribution in [0.2, 0.25) is 0 Å². The minimum atomic E-state index is -4.53. The van der Waals surface area contributed by atoms with Crippen LogP contribution >= 0.6 is 0 Å². The maximum absolute atomic E-state index is 12.9. The number of aryl methyl sites for hydroxylation is 1. The van der Waals surface area contributed by atoms with Gasteiger partial charge in [-0.25, -0.2) is 18.9 Å². The van der Waals surface area contributed by atoms with E-state index in [1.54, 1.807) is 25.1 Å². The van der Waals surface area contributed by atoms with E-state index in [4.69, 9.17) is 0 Å². The number of fused-ring (bicyclic) bond motifs is 1. The van der Waals surface area contributed by atoms with Crippen LogP contribution in [0.25, 0.3) is 17.0 Å². The van der Waals surface area contributed by atoms with E-state index in [0.717, 1.165) is 16.8 Å². The molecule has 0 unspecified atom stereocenters. The van der Waals surface area contributed by atoms with Crippen molar-refractivity contribution in [3.63, 3.8) is 0 Å². The van der Waals surface area contributed by atoms with Crippen LogP contribution in [0.4, 0.5) is 18.9 Å². The topological polar surface area (TPSA) is 81.3 Å². The zero-order valence-electron chi connectivity index (χ0n) is 16.2. The molecule has 10 heteroatoms. The fraction of sp³-hybridized carbons (Fsp3) is 0.143. The molecule has 1 amide bonds. The van der Waals surface area contributed by atoms with Crippen molar-refractivity contribution in [2.24, 2.45) is 0 Å². The van der Waals surface area contributed by atoms with Crippen LogP contribution in [0.15, 0.2) is 65.5 Å². The van der Waals surface area contributed by atoms with Crippen LogP contribution in [0, 0.1) is 6.92 Å². The van der Waals surface area contributed by atoms with Gasteiger partial charge in [0.2, 0.25) is 5.91 Å². The first-order chi connectivity index (χ1) is 14.7. The van der Waals surface area contributed by atoms with E-state index in [1.807, 2.05) is 18.2 Å². The van der Waals surface area contributed by atoms with Gasteiger partial charge in [-0.15, -0.1) is 5.10 Å². The summed E-state index contributed by atoms with van der Waals surface area (Å²) in [5.74, 6) is -0.305. The number of benzene rings is 2. The van der Waals surface area contributed by atoms with Gasteiger partial charge in [-0.2, -0.15) is 13.2 Å². The third-order valence-corrected chi connectivity index (χ3v) is 4.50. The van der Waals surface area contributed by atoms with Gasteiger partial charge in [-0.3, -0.25) is 4.79 Å². The lowest BCUT2D eigenvalue weighted by Gasteiger charge is -2.09. The molecule has 31 heavy (non-hydrogen) atoms. The molecular formula is C21H16F3N5O2. The molecule has 0 radical (unpaired) electrons. The van der Waals surface area contributed by atoms with Gasteiger partial charge in [0, 0.05) is 23.0 Å². The summed E-state index contributed by atoms with van der Waals surface area (Å²) in [5.41, 5.74) is 0.148. The van der Waals surface area contributed by atoms with Gasteiger partial charge in [0.1, 0.15) is 12.4 Å². The number of aromatic nitrogens is 4. The fourth-order valence-electron chi connectivity index (χ4n) is 3.15. The number of anilines is 1. The molecule has 158 valence electrons. The second-order valence-electron chi connectivity index (χ2n) is 6.85. The lowest BCUT2D eigenvalue weighted by molar-refractivity contribution is -0.137. The summed E-state index contributed by atoms with van der Waals surface area (Å²) < 4.78 is 40.8. The van der Waals surface area contributed by atoms with Gasteiger partial charge in [-0.05, 0) is 25.1 Å². The molecule has 0 aliphatic rings. The third-order valence-electron chi connectivity index (χ3n) is 4.50. The van der Waals surface area contributed by atoms with E-state index in [1.165, 1.54) is 16.5 Å². The highest BCUT2D eigenvalue weighted by Gasteiger charge is 2.30. The van der Waals surface area contributed by atoms with Crippen molar-refractivity contribution in [3.8, 4) is 11.4 Å².